The van der Waals surface area contributed by atoms with Crippen LogP contribution in [0.2, 0.25) is 0 Å². The zero-order valence-electron chi connectivity index (χ0n) is 14.8. The fraction of sp³-hybridized carbons (Fsp3) is 0.600. The Hall–Kier alpha value is -1.88. The molecule has 1 aliphatic heterocycles. The second kappa shape index (κ2) is 8.99. The normalized spacial score (nSPS) is 18.6. The lowest BCUT2D eigenvalue weighted by Crippen LogP contribution is -2.26. The van der Waals surface area contributed by atoms with Crippen molar-refractivity contribution in [3.8, 4) is 0 Å². The van der Waals surface area contributed by atoms with Gasteiger partial charge in [-0.15, -0.1) is 0 Å². The van der Waals surface area contributed by atoms with Crippen LogP contribution in [0.3, 0.4) is 0 Å². The summed E-state index contributed by atoms with van der Waals surface area (Å²) < 4.78 is 5.86. The van der Waals surface area contributed by atoms with Crippen molar-refractivity contribution in [1.82, 2.24) is 5.32 Å². The summed E-state index contributed by atoms with van der Waals surface area (Å²) >= 11 is 0. The molecule has 0 aromatic heterocycles. The first-order chi connectivity index (χ1) is 12.2. The molecule has 1 saturated heterocycles. The maximum Gasteiger partial charge on any atom is 0.251 e. The first-order valence-electron chi connectivity index (χ1n) is 9.54. The molecule has 1 N–H and O–H groups in total. The van der Waals surface area contributed by atoms with E-state index in [4.69, 9.17) is 4.74 Å². The standard InChI is InChI=1S/C20H28N2O3/c23-19-8-4-14-22(19)17-11-9-16(10-12-17)20(24)21-13-5-15-25-18-6-2-1-3-7-18/h9-12,18H,1-8,13-15H2,(H,21,24). The van der Waals surface area contributed by atoms with Crippen LogP contribution in [0.1, 0.15) is 61.7 Å². The van der Waals surface area contributed by atoms with Crippen molar-refractivity contribution in [1.29, 1.82) is 0 Å². The molecule has 0 unspecified atom stereocenters. The van der Waals surface area contributed by atoms with E-state index >= 15 is 0 Å². The van der Waals surface area contributed by atoms with E-state index in [2.05, 4.69) is 5.32 Å². The second-order valence-corrected chi connectivity index (χ2v) is 6.94. The maximum absolute atomic E-state index is 12.2. The number of hydrogen-bond acceptors (Lipinski definition) is 3. The Balaban J connectivity index is 1.37. The Morgan fingerprint density at radius 3 is 2.56 bits per heavy atom. The Kier molecular flexibility index (Phi) is 6.45. The van der Waals surface area contributed by atoms with Gasteiger partial charge in [0.1, 0.15) is 0 Å². The molecule has 1 saturated carbocycles. The number of anilines is 1. The first kappa shape index (κ1) is 17.9. The van der Waals surface area contributed by atoms with Gasteiger partial charge in [-0.25, -0.2) is 0 Å². The average Bonchev–Trinajstić information content (AvgIpc) is 3.08. The molecular formula is C20H28N2O3. The van der Waals surface area contributed by atoms with Crippen molar-refractivity contribution in [3.05, 3.63) is 29.8 Å². The molecule has 2 amide bonds. The fourth-order valence-electron chi connectivity index (χ4n) is 3.57. The zero-order chi connectivity index (χ0) is 17.5. The number of carbonyl (C=O) groups excluding carboxylic acids is 2. The van der Waals surface area contributed by atoms with E-state index in [1.54, 1.807) is 17.0 Å². The molecule has 1 aliphatic carbocycles. The topological polar surface area (TPSA) is 58.6 Å². The number of carbonyl (C=O) groups is 2. The summed E-state index contributed by atoms with van der Waals surface area (Å²) in [5.41, 5.74) is 1.50. The predicted molar refractivity (Wildman–Crippen MR) is 97.8 cm³/mol. The molecule has 5 nitrogen and oxygen atoms in total. The van der Waals surface area contributed by atoms with Crippen LogP contribution in [0.4, 0.5) is 5.69 Å². The third-order valence-corrected chi connectivity index (χ3v) is 5.03. The van der Waals surface area contributed by atoms with Gasteiger partial charge in [0.05, 0.1) is 6.10 Å². The third kappa shape index (κ3) is 5.05. The van der Waals surface area contributed by atoms with Crippen molar-refractivity contribution < 1.29 is 14.3 Å². The molecule has 2 aliphatic rings. The Morgan fingerprint density at radius 1 is 1.12 bits per heavy atom. The van der Waals surface area contributed by atoms with Crippen LogP contribution in [0.25, 0.3) is 0 Å². The summed E-state index contributed by atoms with van der Waals surface area (Å²) in [6.45, 7) is 2.10. The smallest absolute Gasteiger partial charge is 0.251 e. The lowest BCUT2D eigenvalue weighted by Gasteiger charge is -2.21. The van der Waals surface area contributed by atoms with Crippen molar-refractivity contribution in [2.24, 2.45) is 0 Å². The van der Waals surface area contributed by atoms with Gasteiger partial charge < -0.3 is 15.0 Å². The van der Waals surface area contributed by atoms with Crippen LogP contribution >= 0.6 is 0 Å². The molecule has 25 heavy (non-hydrogen) atoms. The lowest BCUT2D eigenvalue weighted by atomic mass is 9.98. The summed E-state index contributed by atoms with van der Waals surface area (Å²) in [4.78, 5) is 25.7. The molecule has 2 fully saturated rings. The highest BCUT2D eigenvalue weighted by molar-refractivity contribution is 5.97. The number of benzene rings is 1. The van der Waals surface area contributed by atoms with Crippen LogP contribution in [0, 0.1) is 0 Å². The second-order valence-electron chi connectivity index (χ2n) is 6.94. The van der Waals surface area contributed by atoms with Crippen LogP contribution in [0.15, 0.2) is 24.3 Å². The molecule has 0 bridgehead atoms. The largest absolute Gasteiger partial charge is 0.378 e. The Bertz CT molecular complexity index is 579. The molecule has 1 heterocycles. The Labute approximate surface area is 149 Å². The Morgan fingerprint density at radius 2 is 1.88 bits per heavy atom. The van der Waals surface area contributed by atoms with Crippen molar-refractivity contribution >= 4 is 17.5 Å². The van der Waals surface area contributed by atoms with Crippen molar-refractivity contribution in [3.63, 3.8) is 0 Å². The number of ether oxygens (including phenoxy) is 1. The van der Waals surface area contributed by atoms with E-state index in [0.717, 1.165) is 25.1 Å². The summed E-state index contributed by atoms with van der Waals surface area (Å²) in [6, 6.07) is 7.28. The molecule has 3 rings (SSSR count). The molecular weight excluding hydrogens is 316 g/mol. The van der Waals surface area contributed by atoms with Gasteiger partial charge in [-0.1, -0.05) is 19.3 Å². The summed E-state index contributed by atoms with van der Waals surface area (Å²) in [5.74, 6) is 0.0899. The highest BCUT2D eigenvalue weighted by atomic mass is 16.5. The molecule has 0 atom stereocenters. The molecule has 0 spiro atoms. The fourth-order valence-corrected chi connectivity index (χ4v) is 3.57. The van der Waals surface area contributed by atoms with E-state index in [1.807, 2.05) is 12.1 Å². The minimum Gasteiger partial charge on any atom is -0.378 e. The molecule has 0 radical (unpaired) electrons. The number of nitrogens with one attached hydrogen (secondary N) is 1. The van der Waals surface area contributed by atoms with Gasteiger partial charge in [0.2, 0.25) is 5.91 Å². The van der Waals surface area contributed by atoms with E-state index in [-0.39, 0.29) is 11.8 Å². The van der Waals surface area contributed by atoms with Crippen LogP contribution in [0.5, 0.6) is 0 Å². The molecule has 136 valence electrons. The number of rotatable bonds is 7. The minimum atomic E-state index is -0.0723. The predicted octanol–water partition coefficient (Wildman–Crippen LogP) is 3.28. The van der Waals surface area contributed by atoms with Gasteiger partial charge >= 0.3 is 0 Å². The van der Waals surface area contributed by atoms with Gasteiger partial charge in [0.15, 0.2) is 0 Å². The van der Waals surface area contributed by atoms with Gasteiger partial charge in [-0.3, -0.25) is 9.59 Å². The molecule has 1 aromatic carbocycles. The molecule has 5 heteroatoms. The SMILES string of the molecule is O=C(NCCCOC1CCCCC1)c1ccc(N2CCCC2=O)cc1. The van der Waals surface area contributed by atoms with Crippen molar-refractivity contribution in [2.45, 2.75) is 57.5 Å². The van der Waals surface area contributed by atoms with E-state index in [0.29, 0.717) is 31.2 Å². The zero-order valence-corrected chi connectivity index (χ0v) is 14.8. The number of amides is 2. The quantitative estimate of drug-likeness (QED) is 0.772. The summed E-state index contributed by atoms with van der Waals surface area (Å²) in [7, 11) is 0. The van der Waals surface area contributed by atoms with Gasteiger partial charge in [0.25, 0.3) is 5.91 Å². The first-order valence-corrected chi connectivity index (χ1v) is 9.54. The van der Waals surface area contributed by atoms with Gasteiger partial charge in [-0.2, -0.15) is 0 Å². The third-order valence-electron chi connectivity index (χ3n) is 5.03. The highest BCUT2D eigenvalue weighted by Crippen LogP contribution is 2.22. The molecule has 1 aromatic rings. The van der Waals surface area contributed by atoms with Crippen molar-refractivity contribution in [2.75, 3.05) is 24.6 Å². The van der Waals surface area contributed by atoms with Crippen LogP contribution in [-0.4, -0.2) is 37.6 Å². The number of hydrogen-bond donors (Lipinski definition) is 1. The minimum absolute atomic E-state index is 0.0723. The highest BCUT2D eigenvalue weighted by Gasteiger charge is 2.21. The summed E-state index contributed by atoms with van der Waals surface area (Å²) in [5, 5.41) is 2.93. The monoisotopic (exact) mass is 344 g/mol. The lowest BCUT2D eigenvalue weighted by molar-refractivity contribution is -0.117. The number of nitrogens with zero attached hydrogens (tertiary/aromatic N) is 1. The maximum atomic E-state index is 12.2. The van der Waals surface area contributed by atoms with Crippen LogP contribution < -0.4 is 10.2 Å². The van der Waals surface area contributed by atoms with E-state index in [9.17, 15) is 9.59 Å². The van der Waals surface area contributed by atoms with E-state index in [1.165, 1.54) is 32.1 Å². The van der Waals surface area contributed by atoms with Gasteiger partial charge in [-0.05, 0) is 49.9 Å². The summed E-state index contributed by atoms with van der Waals surface area (Å²) in [6.07, 6.45) is 9.03. The van der Waals surface area contributed by atoms with Crippen LogP contribution in [-0.2, 0) is 9.53 Å². The average molecular weight is 344 g/mol. The van der Waals surface area contributed by atoms with E-state index < -0.39 is 0 Å². The van der Waals surface area contributed by atoms with Gasteiger partial charge in [0, 0.05) is 37.4 Å².